The molecule has 5 aromatic rings. The zero-order valence-corrected chi connectivity index (χ0v) is 15.9. The summed E-state index contributed by atoms with van der Waals surface area (Å²) in [6, 6.07) is 13.4. The average Bonchev–Trinajstić information content (AvgIpc) is 3.39. The van der Waals surface area contributed by atoms with Crippen molar-refractivity contribution in [3.63, 3.8) is 0 Å². The largest absolute Gasteiger partial charge is 0.573 e. The number of alkyl halides is 3. The fraction of sp³-hybridized carbons (Fsp3) is 0.0500. The smallest absolute Gasteiger partial charge is 0.406 e. The van der Waals surface area contributed by atoms with Gasteiger partial charge in [-0.15, -0.1) is 34.7 Å². The first kappa shape index (κ1) is 18.4. The summed E-state index contributed by atoms with van der Waals surface area (Å²) in [5.41, 5.74) is 1.90. The molecule has 0 fully saturated rings. The Balaban J connectivity index is 1.63. The quantitative estimate of drug-likeness (QED) is 0.375. The van der Waals surface area contributed by atoms with Gasteiger partial charge in [0, 0.05) is 32.8 Å². The molecule has 2 N–H and O–H groups in total. The number of nitrogens with one attached hydrogen (secondary N) is 2. The molecule has 0 unspecified atom stereocenters. The van der Waals surface area contributed by atoms with E-state index in [0.29, 0.717) is 22.8 Å². The van der Waals surface area contributed by atoms with E-state index in [-0.39, 0.29) is 5.75 Å². The van der Waals surface area contributed by atoms with Crippen molar-refractivity contribution < 1.29 is 17.9 Å². The van der Waals surface area contributed by atoms with Gasteiger partial charge in [0.25, 0.3) is 0 Å². The standard InChI is InChI=1S/C20H12F3N5OS/c21-20(22,23)29-12-4-1-3-11(9-12)26-19-15-7-8-30-17(15)13-5-2-6-14(16(13)27-19)18-24-10-25-28-18/h1-10H,(H,26,27)(H,24,25,28). The predicted molar refractivity (Wildman–Crippen MR) is 109 cm³/mol. The summed E-state index contributed by atoms with van der Waals surface area (Å²) in [6.45, 7) is 0. The van der Waals surface area contributed by atoms with Gasteiger partial charge in [-0.3, -0.25) is 0 Å². The Kier molecular flexibility index (Phi) is 4.28. The third kappa shape index (κ3) is 3.41. The van der Waals surface area contributed by atoms with Crippen molar-refractivity contribution >= 4 is 43.8 Å². The molecule has 150 valence electrons. The summed E-state index contributed by atoms with van der Waals surface area (Å²) in [7, 11) is 0. The van der Waals surface area contributed by atoms with Crippen molar-refractivity contribution in [1.82, 2.24) is 20.2 Å². The zero-order chi connectivity index (χ0) is 20.7. The van der Waals surface area contributed by atoms with Crippen LogP contribution in [0.2, 0.25) is 0 Å². The Hall–Kier alpha value is -3.66. The molecule has 0 saturated carbocycles. The van der Waals surface area contributed by atoms with E-state index < -0.39 is 6.36 Å². The summed E-state index contributed by atoms with van der Waals surface area (Å²) in [4.78, 5) is 7.76. The number of ether oxygens (including phenoxy) is 1. The highest BCUT2D eigenvalue weighted by atomic mass is 32.1. The third-order valence-corrected chi connectivity index (χ3v) is 5.37. The van der Waals surface area contributed by atoms with Crippen molar-refractivity contribution in [2.75, 3.05) is 5.32 Å². The number of hydrogen-bond acceptors (Lipinski definition) is 6. The van der Waals surface area contributed by atoms with Crippen LogP contribution in [0.3, 0.4) is 0 Å². The molecule has 3 heterocycles. The van der Waals surface area contributed by atoms with Crippen LogP contribution in [0.25, 0.3) is 32.4 Å². The summed E-state index contributed by atoms with van der Waals surface area (Å²) < 4.78 is 42.7. The van der Waals surface area contributed by atoms with Crippen LogP contribution in [0.4, 0.5) is 24.7 Å². The highest BCUT2D eigenvalue weighted by Gasteiger charge is 2.31. The SMILES string of the molecule is FC(F)(F)Oc1cccc(Nc2nc3c(-c4nnc[nH]4)cccc3c3sccc23)c1. The number of anilines is 2. The van der Waals surface area contributed by atoms with Crippen LogP contribution in [-0.2, 0) is 0 Å². The van der Waals surface area contributed by atoms with Crippen molar-refractivity contribution in [2.24, 2.45) is 0 Å². The van der Waals surface area contributed by atoms with Gasteiger partial charge < -0.3 is 15.0 Å². The van der Waals surface area contributed by atoms with E-state index in [1.807, 2.05) is 29.6 Å². The fourth-order valence-corrected chi connectivity index (χ4v) is 4.18. The van der Waals surface area contributed by atoms with Gasteiger partial charge in [-0.2, -0.15) is 0 Å². The lowest BCUT2D eigenvalue weighted by atomic mass is 10.1. The van der Waals surface area contributed by atoms with E-state index >= 15 is 0 Å². The molecule has 0 bridgehead atoms. The number of hydrogen-bond donors (Lipinski definition) is 2. The van der Waals surface area contributed by atoms with Crippen molar-refractivity contribution in [2.45, 2.75) is 6.36 Å². The van der Waals surface area contributed by atoms with Crippen LogP contribution >= 0.6 is 11.3 Å². The minimum absolute atomic E-state index is 0.308. The van der Waals surface area contributed by atoms with Gasteiger partial charge in [0.2, 0.25) is 0 Å². The highest BCUT2D eigenvalue weighted by molar-refractivity contribution is 7.18. The zero-order valence-electron chi connectivity index (χ0n) is 15.1. The molecule has 0 aliphatic rings. The number of aromatic nitrogens is 4. The van der Waals surface area contributed by atoms with Crippen molar-refractivity contribution in [1.29, 1.82) is 0 Å². The molecule has 0 aliphatic carbocycles. The topological polar surface area (TPSA) is 75.7 Å². The van der Waals surface area contributed by atoms with Gasteiger partial charge in [0.1, 0.15) is 17.9 Å². The third-order valence-electron chi connectivity index (χ3n) is 4.43. The summed E-state index contributed by atoms with van der Waals surface area (Å²) in [6.07, 6.45) is -3.27. The van der Waals surface area contributed by atoms with Gasteiger partial charge in [-0.1, -0.05) is 18.2 Å². The number of halogens is 3. The summed E-state index contributed by atoms with van der Waals surface area (Å²) >= 11 is 1.56. The lowest BCUT2D eigenvalue weighted by Crippen LogP contribution is -2.17. The maximum atomic E-state index is 12.6. The van der Waals surface area contributed by atoms with Crippen molar-refractivity contribution in [3.05, 3.63) is 60.2 Å². The second kappa shape index (κ2) is 6.99. The molecule has 0 saturated heterocycles. The first-order chi connectivity index (χ1) is 14.5. The molecule has 10 heteroatoms. The number of nitrogens with zero attached hydrogens (tertiary/aromatic N) is 3. The highest BCUT2D eigenvalue weighted by Crippen LogP contribution is 2.38. The molecule has 0 radical (unpaired) electrons. The van der Waals surface area contributed by atoms with Gasteiger partial charge in [-0.25, -0.2) is 4.98 Å². The summed E-state index contributed by atoms with van der Waals surface area (Å²) in [5.74, 6) is 0.794. The van der Waals surface area contributed by atoms with E-state index in [2.05, 4.69) is 25.2 Å². The molecule has 0 aliphatic heterocycles. The van der Waals surface area contributed by atoms with Crippen molar-refractivity contribution in [3.8, 4) is 17.1 Å². The maximum Gasteiger partial charge on any atom is 0.573 e. The molecular formula is C20H12F3N5OS. The van der Waals surface area contributed by atoms with Crippen LogP contribution < -0.4 is 10.1 Å². The maximum absolute atomic E-state index is 12.6. The number of rotatable bonds is 4. The van der Waals surface area contributed by atoms with Gasteiger partial charge in [-0.05, 0) is 29.6 Å². The Bertz CT molecular complexity index is 1350. The van der Waals surface area contributed by atoms with Crippen LogP contribution in [0.1, 0.15) is 0 Å². The monoisotopic (exact) mass is 427 g/mol. The number of thiophene rings is 1. The molecular weight excluding hydrogens is 415 g/mol. The van der Waals surface area contributed by atoms with Crippen LogP contribution in [0.5, 0.6) is 5.75 Å². The molecule has 0 spiro atoms. The second-order valence-corrected chi connectivity index (χ2v) is 7.28. The van der Waals surface area contributed by atoms with E-state index in [0.717, 1.165) is 21.0 Å². The molecule has 0 atom stereocenters. The first-order valence-corrected chi connectivity index (χ1v) is 9.65. The molecule has 2 aromatic carbocycles. The molecule has 0 amide bonds. The Labute approximate surface area is 171 Å². The second-order valence-electron chi connectivity index (χ2n) is 6.36. The summed E-state index contributed by atoms with van der Waals surface area (Å²) in [5, 5.41) is 14.8. The van der Waals surface area contributed by atoms with Crippen LogP contribution in [-0.4, -0.2) is 26.5 Å². The number of aromatic amines is 1. The molecule has 3 aromatic heterocycles. The first-order valence-electron chi connectivity index (χ1n) is 8.77. The minimum atomic E-state index is -4.76. The number of fused-ring (bicyclic) bond motifs is 3. The van der Waals surface area contributed by atoms with Crippen LogP contribution in [0.15, 0.2) is 60.2 Å². The van der Waals surface area contributed by atoms with E-state index in [1.165, 1.54) is 24.5 Å². The number of para-hydroxylation sites is 1. The average molecular weight is 427 g/mol. The number of pyridine rings is 1. The van der Waals surface area contributed by atoms with Gasteiger partial charge in [0.15, 0.2) is 5.82 Å². The fourth-order valence-electron chi connectivity index (χ4n) is 3.25. The Morgan fingerprint density at radius 2 is 1.90 bits per heavy atom. The van der Waals surface area contributed by atoms with Gasteiger partial charge >= 0.3 is 6.36 Å². The normalized spacial score (nSPS) is 11.8. The predicted octanol–water partition coefficient (Wildman–Crippen LogP) is 5.88. The molecule has 30 heavy (non-hydrogen) atoms. The lowest BCUT2D eigenvalue weighted by Gasteiger charge is -2.13. The number of H-pyrrole nitrogens is 1. The lowest BCUT2D eigenvalue weighted by molar-refractivity contribution is -0.274. The van der Waals surface area contributed by atoms with E-state index in [9.17, 15) is 13.2 Å². The minimum Gasteiger partial charge on any atom is -0.406 e. The van der Waals surface area contributed by atoms with Gasteiger partial charge in [0.05, 0.1) is 5.52 Å². The van der Waals surface area contributed by atoms with Crippen LogP contribution in [0, 0.1) is 0 Å². The van der Waals surface area contributed by atoms with E-state index in [1.54, 1.807) is 17.4 Å². The number of benzene rings is 2. The van der Waals surface area contributed by atoms with E-state index in [4.69, 9.17) is 4.98 Å². The Morgan fingerprint density at radius 3 is 2.70 bits per heavy atom. The molecule has 6 nitrogen and oxygen atoms in total. The Morgan fingerprint density at radius 1 is 1.03 bits per heavy atom. The molecule has 5 rings (SSSR count).